The quantitative estimate of drug-likeness (QED) is 0.605. The molecule has 1 atom stereocenters. The Morgan fingerprint density at radius 3 is 3.00 bits per heavy atom. The van der Waals surface area contributed by atoms with Crippen LogP contribution >= 0.6 is 11.8 Å². The van der Waals surface area contributed by atoms with Crippen LogP contribution in [0.1, 0.15) is 20.3 Å². The van der Waals surface area contributed by atoms with E-state index in [4.69, 9.17) is 0 Å². The van der Waals surface area contributed by atoms with Crippen LogP contribution in [0.2, 0.25) is 0 Å². The highest BCUT2D eigenvalue weighted by molar-refractivity contribution is 8.04. The molecule has 1 aliphatic carbocycles. The lowest BCUT2D eigenvalue weighted by atomic mass is 10.0. The van der Waals surface area contributed by atoms with E-state index >= 15 is 0 Å². The van der Waals surface area contributed by atoms with E-state index in [-0.39, 0.29) is 0 Å². The van der Waals surface area contributed by atoms with E-state index in [0.717, 1.165) is 6.42 Å². The Kier molecular flexibility index (Phi) is 2.45. The molecule has 0 fully saturated rings. The normalized spacial score (nSPS) is 26.0. The minimum atomic E-state index is 0.556. The molecule has 0 radical (unpaired) electrons. The second-order valence-electron chi connectivity index (χ2n) is 3.34. The number of rotatable bonds is 1. The summed E-state index contributed by atoms with van der Waals surface area (Å²) in [7, 11) is 0. The zero-order valence-electron chi connectivity index (χ0n) is 8.08. The van der Waals surface area contributed by atoms with Crippen molar-refractivity contribution < 1.29 is 0 Å². The van der Waals surface area contributed by atoms with Crippen molar-refractivity contribution >= 4 is 11.8 Å². The SMILES string of the molecule is CCC1=C(C)SC2C=CC=CC1=C2. The molecule has 68 valence electrons. The first-order valence-electron chi connectivity index (χ1n) is 4.74. The molecule has 13 heavy (non-hydrogen) atoms. The predicted molar refractivity (Wildman–Crippen MR) is 60.7 cm³/mol. The monoisotopic (exact) mass is 190 g/mol. The second kappa shape index (κ2) is 3.59. The average Bonchev–Trinajstić information content (AvgIpc) is 2.29. The fraction of sp³-hybridized carbons (Fsp3) is 0.333. The van der Waals surface area contributed by atoms with E-state index in [9.17, 15) is 0 Å². The van der Waals surface area contributed by atoms with Gasteiger partial charge in [-0.25, -0.2) is 0 Å². The molecule has 0 saturated carbocycles. The van der Waals surface area contributed by atoms with Gasteiger partial charge in [-0.1, -0.05) is 37.3 Å². The number of fused-ring (bicyclic) bond motifs is 1. The van der Waals surface area contributed by atoms with Gasteiger partial charge in [0.25, 0.3) is 0 Å². The van der Waals surface area contributed by atoms with Crippen LogP contribution in [0.3, 0.4) is 0 Å². The molecule has 1 heteroatoms. The lowest BCUT2D eigenvalue weighted by Gasteiger charge is -2.20. The van der Waals surface area contributed by atoms with E-state index in [0.29, 0.717) is 5.25 Å². The van der Waals surface area contributed by atoms with E-state index < -0.39 is 0 Å². The van der Waals surface area contributed by atoms with Gasteiger partial charge >= 0.3 is 0 Å². The zero-order chi connectivity index (χ0) is 9.26. The van der Waals surface area contributed by atoms with Crippen molar-refractivity contribution in [3.8, 4) is 0 Å². The lowest BCUT2D eigenvalue weighted by molar-refractivity contribution is 1.10. The van der Waals surface area contributed by atoms with E-state index in [2.05, 4.69) is 44.2 Å². The number of hydrogen-bond acceptors (Lipinski definition) is 1. The van der Waals surface area contributed by atoms with Crippen molar-refractivity contribution in [3.63, 3.8) is 0 Å². The zero-order valence-corrected chi connectivity index (χ0v) is 8.90. The van der Waals surface area contributed by atoms with Gasteiger partial charge in [0.15, 0.2) is 0 Å². The molecule has 1 aliphatic heterocycles. The molecule has 0 nitrogen and oxygen atoms in total. The largest absolute Gasteiger partial charge is 0.119 e. The summed E-state index contributed by atoms with van der Waals surface area (Å²) >= 11 is 1.96. The summed E-state index contributed by atoms with van der Waals surface area (Å²) in [6.45, 7) is 4.46. The molecule has 0 amide bonds. The molecule has 2 bridgehead atoms. The van der Waals surface area contributed by atoms with Crippen LogP contribution in [0, 0.1) is 0 Å². The topological polar surface area (TPSA) is 0 Å². The summed E-state index contributed by atoms with van der Waals surface area (Å²) in [6.07, 6.45) is 12.3. The van der Waals surface area contributed by atoms with Crippen molar-refractivity contribution in [2.45, 2.75) is 25.5 Å². The van der Waals surface area contributed by atoms with Crippen LogP contribution in [-0.4, -0.2) is 5.25 Å². The van der Waals surface area contributed by atoms with E-state index in [1.54, 1.807) is 0 Å². The maximum atomic E-state index is 2.36. The maximum Gasteiger partial charge on any atom is 0.0463 e. The summed E-state index contributed by atoms with van der Waals surface area (Å²) in [6, 6.07) is 0. The van der Waals surface area contributed by atoms with Crippen LogP contribution in [0.4, 0.5) is 0 Å². The second-order valence-corrected chi connectivity index (χ2v) is 4.73. The Balaban J connectivity index is 2.41. The highest BCUT2D eigenvalue weighted by Gasteiger charge is 2.16. The Labute approximate surface area is 84.1 Å². The number of allylic oxidation sites excluding steroid dienone is 6. The van der Waals surface area contributed by atoms with Crippen molar-refractivity contribution in [3.05, 3.63) is 46.4 Å². The van der Waals surface area contributed by atoms with Crippen LogP contribution in [0.5, 0.6) is 0 Å². The van der Waals surface area contributed by atoms with Gasteiger partial charge in [0.1, 0.15) is 0 Å². The molecule has 2 rings (SSSR count). The Bertz CT molecular complexity index is 329. The van der Waals surface area contributed by atoms with Gasteiger partial charge in [-0.05, 0) is 29.4 Å². The van der Waals surface area contributed by atoms with Crippen LogP contribution in [0.15, 0.2) is 46.4 Å². The number of thioether (sulfide) groups is 1. The molecule has 1 unspecified atom stereocenters. The molecule has 2 aliphatic rings. The molecule has 0 aromatic heterocycles. The first-order chi connectivity index (χ1) is 6.31. The first-order valence-corrected chi connectivity index (χ1v) is 5.62. The van der Waals surface area contributed by atoms with Gasteiger partial charge in [0, 0.05) is 5.25 Å². The van der Waals surface area contributed by atoms with E-state index in [1.165, 1.54) is 16.1 Å². The van der Waals surface area contributed by atoms with Crippen LogP contribution in [0.25, 0.3) is 0 Å². The smallest absolute Gasteiger partial charge is 0.0463 e. The highest BCUT2D eigenvalue weighted by atomic mass is 32.2. The molecule has 0 N–H and O–H groups in total. The standard InChI is InChI=1S/C12H14S/c1-3-12-9(2)13-11-7-5-4-6-10(12)8-11/h4-8,11H,3H2,1-2H3. The fourth-order valence-electron chi connectivity index (χ4n) is 1.83. The third-order valence-corrected chi connectivity index (χ3v) is 3.64. The molecule has 1 heterocycles. The summed E-state index contributed by atoms with van der Waals surface area (Å²) in [5, 5.41) is 0.556. The minimum Gasteiger partial charge on any atom is -0.119 e. The van der Waals surface area contributed by atoms with Crippen molar-refractivity contribution in [2.24, 2.45) is 0 Å². The Morgan fingerprint density at radius 1 is 1.38 bits per heavy atom. The molecule has 0 aromatic carbocycles. The fourth-order valence-corrected chi connectivity index (χ4v) is 3.02. The molecule has 0 aromatic rings. The third kappa shape index (κ3) is 1.66. The Hall–Kier alpha value is -0.690. The van der Waals surface area contributed by atoms with Crippen molar-refractivity contribution in [1.82, 2.24) is 0 Å². The van der Waals surface area contributed by atoms with Gasteiger partial charge in [0.2, 0.25) is 0 Å². The maximum absolute atomic E-state index is 2.36. The van der Waals surface area contributed by atoms with Crippen molar-refractivity contribution in [1.29, 1.82) is 0 Å². The predicted octanol–water partition coefficient (Wildman–Crippen LogP) is 3.84. The third-order valence-electron chi connectivity index (χ3n) is 2.47. The average molecular weight is 190 g/mol. The van der Waals surface area contributed by atoms with E-state index in [1.807, 2.05) is 11.8 Å². The highest BCUT2D eigenvalue weighted by Crippen LogP contribution is 2.37. The molecular weight excluding hydrogens is 176 g/mol. The van der Waals surface area contributed by atoms with Gasteiger partial charge < -0.3 is 0 Å². The summed E-state index contributed by atoms with van der Waals surface area (Å²) in [4.78, 5) is 1.49. The van der Waals surface area contributed by atoms with Crippen LogP contribution < -0.4 is 0 Å². The Morgan fingerprint density at radius 2 is 2.23 bits per heavy atom. The van der Waals surface area contributed by atoms with Crippen LogP contribution in [-0.2, 0) is 0 Å². The van der Waals surface area contributed by atoms with Gasteiger partial charge in [-0.15, -0.1) is 11.8 Å². The number of hydrogen-bond donors (Lipinski definition) is 0. The molecule has 0 saturated heterocycles. The summed E-state index contributed by atoms with van der Waals surface area (Å²) < 4.78 is 0. The van der Waals surface area contributed by atoms with Crippen molar-refractivity contribution in [2.75, 3.05) is 0 Å². The van der Waals surface area contributed by atoms with Gasteiger partial charge in [-0.2, -0.15) is 0 Å². The molecular formula is C12H14S. The van der Waals surface area contributed by atoms with Gasteiger partial charge in [-0.3, -0.25) is 0 Å². The summed E-state index contributed by atoms with van der Waals surface area (Å²) in [5.74, 6) is 0. The summed E-state index contributed by atoms with van der Waals surface area (Å²) in [5.41, 5.74) is 2.94. The first kappa shape index (κ1) is 8.89. The minimum absolute atomic E-state index is 0.556. The van der Waals surface area contributed by atoms with Gasteiger partial charge in [0.05, 0.1) is 0 Å². The molecule has 0 spiro atoms. The lowest BCUT2D eigenvalue weighted by Crippen LogP contribution is -2.03.